The number of ether oxygens (including phenoxy) is 2. The van der Waals surface area contributed by atoms with Gasteiger partial charge in [-0.25, -0.2) is 17.9 Å². The minimum atomic E-state index is -3.66. The molecule has 2 aromatic rings. The van der Waals surface area contributed by atoms with E-state index in [2.05, 4.69) is 15.4 Å². The van der Waals surface area contributed by atoms with Crippen molar-refractivity contribution in [1.82, 2.24) is 4.72 Å². The fourth-order valence-electron chi connectivity index (χ4n) is 2.36. The number of nitrogens with one attached hydrogen (secondary N) is 3. The molecule has 2 rings (SSSR count). The first kappa shape index (κ1) is 24.1. The lowest BCUT2D eigenvalue weighted by molar-refractivity contribution is -0.116. The van der Waals surface area contributed by atoms with Crippen LogP contribution in [0.2, 0.25) is 0 Å². The number of sulfonamides is 1. The molecule has 0 unspecified atom stereocenters. The molecule has 0 heterocycles. The Hall–Kier alpha value is -3.21. The first-order valence-electron chi connectivity index (χ1n) is 9.43. The lowest BCUT2D eigenvalue weighted by atomic mass is 10.2. The molecule has 166 valence electrons. The number of methoxy groups -OCH3 is 1. The van der Waals surface area contributed by atoms with E-state index in [9.17, 15) is 18.0 Å². The third-order valence-corrected chi connectivity index (χ3v) is 4.91. The summed E-state index contributed by atoms with van der Waals surface area (Å²) in [5.41, 5.74) is 1.64. The Bertz CT molecular complexity index is 993. The zero-order valence-electron chi connectivity index (χ0n) is 17.0. The maximum atomic E-state index is 12.1. The topological polar surface area (TPSA) is 123 Å². The number of benzene rings is 2. The lowest BCUT2D eigenvalue weighted by Gasteiger charge is -2.09. The maximum Gasteiger partial charge on any atom is 0.411 e. The van der Waals surface area contributed by atoms with Crippen LogP contribution >= 0.6 is 0 Å². The molecule has 0 radical (unpaired) electrons. The van der Waals surface area contributed by atoms with Crippen molar-refractivity contribution < 1.29 is 27.5 Å². The van der Waals surface area contributed by atoms with Crippen molar-refractivity contribution >= 4 is 39.5 Å². The number of hydrogen-bond acceptors (Lipinski definition) is 6. The van der Waals surface area contributed by atoms with Gasteiger partial charge in [-0.2, -0.15) is 0 Å². The summed E-state index contributed by atoms with van der Waals surface area (Å²) in [6, 6.07) is 15.5. The largest absolute Gasteiger partial charge is 0.447 e. The SMILES string of the molecule is COCCOC(=O)Nc1cccc(NC(=O)CCNS(=O)(=O)/C=C/c2ccccc2)c1. The molecule has 10 heteroatoms. The van der Waals surface area contributed by atoms with E-state index >= 15 is 0 Å². The molecule has 31 heavy (non-hydrogen) atoms. The van der Waals surface area contributed by atoms with E-state index in [0.717, 1.165) is 11.0 Å². The molecule has 2 amide bonds. The highest BCUT2D eigenvalue weighted by Gasteiger charge is 2.09. The molecular formula is C21H25N3O6S. The first-order valence-corrected chi connectivity index (χ1v) is 11.0. The van der Waals surface area contributed by atoms with Gasteiger partial charge in [0.05, 0.1) is 6.61 Å². The molecule has 0 aliphatic carbocycles. The smallest absolute Gasteiger partial charge is 0.411 e. The van der Waals surface area contributed by atoms with E-state index < -0.39 is 16.1 Å². The third-order valence-electron chi connectivity index (χ3n) is 3.81. The van der Waals surface area contributed by atoms with Crippen LogP contribution in [0.1, 0.15) is 12.0 Å². The monoisotopic (exact) mass is 447 g/mol. The minimum absolute atomic E-state index is 0.0585. The van der Waals surface area contributed by atoms with E-state index in [1.807, 2.05) is 6.07 Å². The molecule has 3 N–H and O–H groups in total. The Morgan fingerprint density at radius 3 is 2.39 bits per heavy atom. The van der Waals surface area contributed by atoms with Gasteiger partial charge in [-0.15, -0.1) is 0 Å². The van der Waals surface area contributed by atoms with Crippen molar-refractivity contribution in [3.63, 3.8) is 0 Å². The van der Waals surface area contributed by atoms with Crippen LogP contribution < -0.4 is 15.4 Å². The van der Waals surface area contributed by atoms with E-state index in [-0.39, 0.29) is 32.1 Å². The Morgan fingerprint density at radius 2 is 1.68 bits per heavy atom. The van der Waals surface area contributed by atoms with E-state index in [0.29, 0.717) is 11.4 Å². The fraction of sp³-hybridized carbons (Fsp3) is 0.238. The van der Waals surface area contributed by atoms with Gasteiger partial charge in [0, 0.05) is 36.9 Å². The second-order valence-electron chi connectivity index (χ2n) is 6.29. The van der Waals surface area contributed by atoms with Crippen LogP contribution in [-0.2, 0) is 24.3 Å². The van der Waals surface area contributed by atoms with Crippen LogP contribution in [0.25, 0.3) is 6.08 Å². The molecule has 0 bridgehead atoms. The summed E-state index contributed by atoms with van der Waals surface area (Å²) < 4.78 is 36.0. The average molecular weight is 448 g/mol. The number of amides is 2. The molecule has 0 saturated carbocycles. The molecule has 0 spiro atoms. The number of carbonyl (C=O) groups is 2. The van der Waals surface area contributed by atoms with E-state index in [4.69, 9.17) is 9.47 Å². The van der Waals surface area contributed by atoms with Crippen LogP contribution in [0, 0.1) is 0 Å². The van der Waals surface area contributed by atoms with Gasteiger partial charge in [0.2, 0.25) is 15.9 Å². The van der Waals surface area contributed by atoms with Crippen LogP contribution in [0.4, 0.5) is 16.2 Å². The molecule has 0 atom stereocenters. The van der Waals surface area contributed by atoms with Crippen molar-refractivity contribution in [1.29, 1.82) is 0 Å². The number of hydrogen-bond donors (Lipinski definition) is 3. The molecule has 2 aromatic carbocycles. The van der Waals surface area contributed by atoms with Crippen LogP contribution in [0.5, 0.6) is 0 Å². The van der Waals surface area contributed by atoms with Gasteiger partial charge in [-0.05, 0) is 29.8 Å². The summed E-state index contributed by atoms with van der Waals surface area (Å²) in [4.78, 5) is 23.7. The van der Waals surface area contributed by atoms with Crippen molar-refractivity contribution in [2.24, 2.45) is 0 Å². The third kappa shape index (κ3) is 9.90. The van der Waals surface area contributed by atoms with Gasteiger partial charge < -0.3 is 14.8 Å². The second-order valence-corrected chi connectivity index (χ2v) is 7.94. The zero-order valence-corrected chi connectivity index (χ0v) is 17.9. The Kier molecular flexibility index (Phi) is 9.69. The highest BCUT2D eigenvalue weighted by atomic mass is 32.2. The summed E-state index contributed by atoms with van der Waals surface area (Å²) in [5.74, 6) is -0.380. The van der Waals surface area contributed by atoms with E-state index in [1.165, 1.54) is 13.2 Å². The number of carbonyl (C=O) groups excluding carboxylic acids is 2. The van der Waals surface area contributed by atoms with Gasteiger partial charge in [-0.3, -0.25) is 10.1 Å². The van der Waals surface area contributed by atoms with Gasteiger partial charge in [0.25, 0.3) is 0 Å². The van der Waals surface area contributed by atoms with Gasteiger partial charge in [-0.1, -0.05) is 36.4 Å². The predicted molar refractivity (Wildman–Crippen MR) is 119 cm³/mol. The van der Waals surface area contributed by atoms with Crippen LogP contribution in [0.3, 0.4) is 0 Å². The Labute approximate surface area is 181 Å². The van der Waals surface area contributed by atoms with Crippen molar-refractivity contribution in [2.45, 2.75) is 6.42 Å². The van der Waals surface area contributed by atoms with Gasteiger partial charge in [0.15, 0.2) is 0 Å². The Morgan fingerprint density at radius 1 is 0.968 bits per heavy atom. The second kappa shape index (κ2) is 12.5. The summed E-state index contributed by atoms with van der Waals surface area (Å²) in [7, 11) is -2.16. The van der Waals surface area contributed by atoms with Crippen LogP contribution in [-0.4, -0.2) is 47.3 Å². The predicted octanol–water partition coefficient (Wildman–Crippen LogP) is 2.80. The Balaban J connectivity index is 1.78. The van der Waals surface area contributed by atoms with E-state index in [1.54, 1.807) is 48.5 Å². The number of rotatable bonds is 11. The first-order chi connectivity index (χ1) is 14.9. The maximum absolute atomic E-state index is 12.1. The summed E-state index contributed by atoms with van der Waals surface area (Å²) in [6.45, 7) is 0.349. The molecular weight excluding hydrogens is 422 g/mol. The molecule has 0 fully saturated rings. The van der Waals surface area contributed by atoms with Gasteiger partial charge in [0.1, 0.15) is 6.61 Å². The standard InChI is InChI=1S/C21H25N3O6S/c1-29-13-14-30-21(26)24-19-9-5-8-18(16-19)23-20(25)10-12-22-31(27,28)15-11-17-6-3-2-4-7-17/h2-9,11,15-16,22H,10,12-14H2,1H3,(H,23,25)(H,24,26)/b15-11+. The van der Waals surface area contributed by atoms with Gasteiger partial charge >= 0.3 is 6.09 Å². The lowest BCUT2D eigenvalue weighted by Crippen LogP contribution is -2.26. The molecule has 0 aliphatic heterocycles. The van der Waals surface area contributed by atoms with Crippen molar-refractivity contribution in [3.05, 3.63) is 65.6 Å². The van der Waals surface area contributed by atoms with Crippen molar-refractivity contribution in [2.75, 3.05) is 37.5 Å². The average Bonchev–Trinajstić information content (AvgIpc) is 2.73. The minimum Gasteiger partial charge on any atom is -0.447 e. The summed E-state index contributed by atoms with van der Waals surface area (Å²) >= 11 is 0. The normalized spacial score (nSPS) is 11.3. The zero-order chi connectivity index (χ0) is 22.5. The van der Waals surface area contributed by atoms with Crippen LogP contribution in [0.15, 0.2) is 60.0 Å². The molecule has 0 aromatic heterocycles. The molecule has 0 saturated heterocycles. The summed E-state index contributed by atoms with van der Waals surface area (Å²) in [5, 5.41) is 6.24. The molecule has 9 nitrogen and oxygen atoms in total. The molecule has 0 aliphatic rings. The highest BCUT2D eigenvalue weighted by molar-refractivity contribution is 7.92. The van der Waals surface area contributed by atoms with Crippen molar-refractivity contribution in [3.8, 4) is 0 Å². The summed E-state index contributed by atoms with van der Waals surface area (Å²) in [6.07, 6.45) is 0.773. The number of anilines is 2. The quantitative estimate of drug-likeness (QED) is 0.455. The highest BCUT2D eigenvalue weighted by Crippen LogP contribution is 2.15. The fourth-order valence-corrected chi connectivity index (χ4v) is 3.18.